The first kappa shape index (κ1) is 17.7. The van der Waals surface area contributed by atoms with E-state index in [1.807, 2.05) is 25.1 Å². The molecule has 1 N–H and O–H groups in total. The van der Waals surface area contributed by atoms with Crippen LogP contribution >= 0.6 is 0 Å². The van der Waals surface area contributed by atoms with Crippen LogP contribution in [0.25, 0.3) is 0 Å². The molecule has 0 amide bonds. The zero-order valence-corrected chi connectivity index (χ0v) is 12.7. The number of rotatable bonds is 10. The van der Waals surface area contributed by atoms with Gasteiger partial charge in [0, 0.05) is 12.6 Å². The molecule has 0 fully saturated rings. The highest BCUT2D eigenvalue weighted by molar-refractivity contribution is 5.47. The molecule has 1 rings (SSSR count). The standard InChI is InChI=1S/C15H23F2NO3/c1-4-18-11(8-9-21-10-14(16)17)15-12(19-2)6-5-7-13(15)20-3/h5-7,11,14,18H,4,8-10H2,1-3H3. The van der Waals surface area contributed by atoms with Crippen molar-refractivity contribution >= 4 is 0 Å². The number of benzene rings is 1. The Labute approximate surface area is 124 Å². The van der Waals surface area contributed by atoms with Crippen LogP contribution in [0.1, 0.15) is 24.9 Å². The third-order valence-electron chi connectivity index (χ3n) is 3.06. The van der Waals surface area contributed by atoms with E-state index in [9.17, 15) is 8.78 Å². The maximum Gasteiger partial charge on any atom is 0.261 e. The lowest BCUT2D eigenvalue weighted by Gasteiger charge is -2.23. The Morgan fingerprint density at radius 3 is 2.24 bits per heavy atom. The molecule has 4 nitrogen and oxygen atoms in total. The van der Waals surface area contributed by atoms with E-state index in [4.69, 9.17) is 14.2 Å². The second-order valence-electron chi connectivity index (χ2n) is 4.44. The number of nitrogens with one attached hydrogen (secondary N) is 1. The fourth-order valence-corrected chi connectivity index (χ4v) is 2.19. The lowest BCUT2D eigenvalue weighted by atomic mass is 10.0. The molecule has 120 valence electrons. The summed E-state index contributed by atoms with van der Waals surface area (Å²) in [5.74, 6) is 1.41. The number of hydrogen-bond donors (Lipinski definition) is 1. The number of ether oxygens (including phenoxy) is 3. The van der Waals surface area contributed by atoms with Gasteiger partial charge in [-0.25, -0.2) is 8.78 Å². The van der Waals surface area contributed by atoms with E-state index in [-0.39, 0.29) is 12.6 Å². The van der Waals surface area contributed by atoms with Crippen LogP contribution in [0.15, 0.2) is 18.2 Å². The van der Waals surface area contributed by atoms with Gasteiger partial charge in [0.2, 0.25) is 0 Å². The Hall–Kier alpha value is -1.40. The lowest BCUT2D eigenvalue weighted by Crippen LogP contribution is -2.24. The highest BCUT2D eigenvalue weighted by atomic mass is 19.3. The molecule has 1 aromatic carbocycles. The Balaban J connectivity index is 2.83. The van der Waals surface area contributed by atoms with Crippen LogP contribution in [0.2, 0.25) is 0 Å². The zero-order valence-electron chi connectivity index (χ0n) is 12.7. The number of halogens is 2. The van der Waals surface area contributed by atoms with Gasteiger partial charge in [0.1, 0.15) is 18.1 Å². The Morgan fingerprint density at radius 1 is 1.14 bits per heavy atom. The Morgan fingerprint density at radius 2 is 1.76 bits per heavy atom. The van der Waals surface area contributed by atoms with Crippen LogP contribution in [0.3, 0.4) is 0 Å². The predicted octanol–water partition coefficient (Wildman–Crippen LogP) is 3.03. The van der Waals surface area contributed by atoms with Gasteiger partial charge in [0.05, 0.1) is 19.8 Å². The largest absolute Gasteiger partial charge is 0.496 e. The molecule has 0 aliphatic heterocycles. The highest BCUT2D eigenvalue weighted by Gasteiger charge is 2.20. The molecule has 0 aromatic heterocycles. The smallest absolute Gasteiger partial charge is 0.261 e. The first-order chi connectivity index (χ1) is 10.1. The molecule has 0 heterocycles. The van der Waals surface area contributed by atoms with Gasteiger partial charge in [0.15, 0.2) is 0 Å². The first-order valence-electron chi connectivity index (χ1n) is 6.94. The van der Waals surface area contributed by atoms with Gasteiger partial charge in [0.25, 0.3) is 6.43 Å². The third kappa shape index (κ3) is 5.47. The third-order valence-corrected chi connectivity index (χ3v) is 3.06. The van der Waals surface area contributed by atoms with Crippen molar-refractivity contribution < 1.29 is 23.0 Å². The Kier molecular flexibility index (Phi) is 8.00. The summed E-state index contributed by atoms with van der Waals surface area (Å²) in [6, 6.07) is 5.46. The summed E-state index contributed by atoms with van der Waals surface area (Å²) in [5, 5.41) is 3.31. The molecule has 21 heavy (non-hydrogen) atoms. The molecule has 0 bridgehead atoms. The number of hydrogen-bond acceptors (Lipinski definition) is 4. The summed E-state index contributed by atoms with van der Waals surface area (Å²) in [5.41, 5.74) is 0.880. The molecule has 1 aromatic rings. The van der Waals surface area contributed by atoms with Crippen LogP contribution in [0.4, 0.5) is 8.78 Å². The molecule has 0 saturated carbocycles. The van der Waals surface area contributed by atoms with Gasteiger partial charge in [-0.2, -0.15) is 0 Å². The van der Waals surface area contributed by atoms with Crippen LogP contribution in [0.5, 0.6) is 11.5 Å². The second kappa shape index (κ2) is 9.52. The Bertz CT molecular complexity index is 394. The van der Waals surface area contributed by atoms with Crippen LogP contribution in [0, 0.1) is 0 Å². The van der Waals surface area contributed by atoms with Crippen molar-refractivity contribution in [1.82, 2.24) is 5.32 Å². The molecule has 0 radical (unpaired) electrons. The first-order valence-corrected chi connectivity index (χ1v) is 6.94. The van der Waals surface area contributed by atoms with Gasteiger partial charge in [-0.1, -0.05) is 13.0 Å². The van der Waals surface area contributed by atoms with Gasteiger partial charge in [-0.05, 0) is 25.1 Å². The molecule has 0 aliphatic rings. The quantitative estimate of drug-likeness (QED) is 0.675. The number of alkyl halides is 2. The monoisotopic (exact) mass is 303 g/mol. The van der Waals surface area contributed by atoms with Crippen LogP contribution in [-0.4, -0.2) is 40.4 Å². The fourth-order valence-electron chi connectivity index (χ4n) is 2.19. The summed E-state index contributed by atoms with van der Waals surface area (Å²) in [4.78, 5) is 0. The SMILES string of the molecule is CCNC(CCOCC(F)F)c1c(OC)cccc1OC. The molecular weight excluding hydrogens is 280 g/mol. The van der Waals surface area contributed by atoms with E-state index < -0.39 is 13.0 Å². The highest BCUT2D eigenvalue weighted by Crippen LogP contribution is 2.35. The average Bonchev–Trinajstić information content (AvgIpc) is 2.49. The van der Waals surface area contributed by atoms with E-state index in [1.54, 1.807) is 14.2 Å². The summed E-state index contributed by atoms with van der Waals surface area (Å²) in [6.45, 7) is 2.42. The summed E-state index contributed by atoms with van der Waals surface area (Å²) >= 11 is 0. The molecule has 0 saturated heterocycles. The van der Waals surface area contributed by atoms with Gasteiger partial charge < -0.3 is 19.5 Å². The predicted molar refractivity (Wildman–Crippen MR) is 77.4 cm³/mol. The number of methoxy groups -OCH3 is 2. The van der Waals surface area contributed by atoms with E-state index >= 15 is 0 Å². The van der Waals surface area contributed by atoms with E-state index in [2.05, 4.69) is 5.32 Å². The normalized spacial score (nSPS) is 12.5. The maximum absolute atomic E-state index is 12.1. The molecule has 1 unspecified atom stereocenters. The lowest BCUT2D eigenvalue weighted by molar-refractivity contribution is 0.0143. The molecule has 0 spiro atoms. The van der Waals surface area contributed by atoms with E-state index in [0.29, 0.717) is 17.9 Å². The van der Waals surface area contributed by atoms with Crippen LogP contribution in [-0.2, 0) is 4.74 Å². The van der Waals surface area contributed by atoms with E-state index in [0.717, 1.165) is 12.1 Å². The van der Waals surface area contributed by atoms with Gasteiger partial charge in [-0.15, -0.1) is 0 Å². The minimum atomic E-state index is -2.44. The molecular formula is C15H23F2NO3. The van der Waals surface area contributed by atoms with E-state index in [1.165, 1.54) is 0 Å². The van der Waals surface area contributed by atoms with Crippen molar-refractivity contribution in [2.45, 2.75) is 25.8 Å². The second-order valence-corrected chi connectivity index (χ2v) is 4.44. The zero-order chi connectivity index (χ0) is 15.7. The summed E-state index contributed by atoms with van der Waals surface area (Å²) in [6.07, 6.45) is -1.89. The maximum atomic E-state index is 12.1. The fraction of sp³-hybridized carbons (Fsp3) is 0.600. The molecule has 6 heteroatoms. The molecule has 1 atom stereocenters. The molecule has 0 aliphatic carbocycles. The van der Waals surface area contributed by atoms with Crippen molar-refractivity contribution in [3.05, 3.63) is 23.8 Å². The van der Waals surface area contributed by atoms with Crippen molar-refractivity contribution in [3.63, 3.8) is 0 Å². The minimum Gasteiger partial charge on any atom is -0.496 e. The van der Waals surface area contributed by atoms with Crippen molar-refractivity contribution in [1.29, 1.82) is 0 Å². The van der Waals surface area contributed by atoms with Crippen molar-refractivity contribution in [2.75, 3.05) is 34.0 Å². The topological polar surface area (TPSA) is 39.7 Å². The van der Waals surface area contributed by atoms with Gasteiger partial charge >= 0.3 is 0 Å². The van der Waals surface area contributed by atoms with Crippen LogP contribution < -0.4 is 14.8 Å². The van der Waals surface area contributed by atoms with Gasteiger partial charge in [-0.3, -0.25) is 0 Å². The summed E-state index contributed by atoms with van der Waals surface area (Å²) in [7, 11) is 3.18. The minimum absolute atomic E-state index is 0.0845. The average molecular weight is 303 g/mol. The summed E-state index contributed by atoms with van der Waals surface area (Å²) < 4.78 is 39.9. The van der Waals surface area contributed by atoms with Crippen molar-refractivity contribution in [2.24, 2.45) is 0 Å². The van der Waals surface area contributed by atoms with Crippen molar-refractivity contribution in [3.8, 4) is 11.5 Å².